The predicted octanol–water partition coefficient (Wildman–Crippen LogP) is 2.96. The summed E-state index contributed by atoms with van der Waals surface area (Å²) in [6, 6.07) is 2.28. The summed E-state index contributed by atoms with van der Waals surface area (Å²) in [5.74, 6) is 0.129. The molecule has 0 spiro atoms. The van der Waals surface area contributed by atoms with Gasteiger partial charge in [0, 0.05) is 26.4 Å². The van der Waals surface area contributed by atoms with Crippen molar-refractivity contribution in [3.05, 3.63) is 29.6 Å². The van der Waals surface area contributed by atoms with Crippen LogP contribution in [0.4, 0.5) is 0 Å². The van der Waals surface area contributed by atoms with Crippen LogP contribution in [0.15, 0.2) is 18.5 Å². The zero-order valence-corrected chi connectivity index (χ0v) is 11.2. The Hall–Kier alpha value is -1.38. The molecule has 0 N–H and O–H groups in total. The third-order valence-electron chi connectivity index (χ3n) is 3.19. The van der Waals surface area contributed by atoms with Gasteiger partial charge in [-0.25, -0.2) is 0 Å². The van der Waals surface area contributed by atoms with Gasteiger partial charge in [0.2, 0.25) is 5.91 Å². The van der Waals surface area contributed by atoms with Gasteiger partial charge in [0.1, 0.15) is 0 Å². The molecule has 17 heavy (non-hydrogen) atoms. The summed E-state index contributed by atoms with van der Waals surface area (Å²) >= 11 is 0. The first kappa shape index (κ1) is 13.7. The Kier molecular flexibility index (Phi) is 5.13. The minimum Gasteiger partial charge on any atom is -0.339 e. The number of nitrogens with zero attached hydrogens (tertiary/aromatic N) is 2. The van der Waals surface area contributed by atoms with Crippen LogP contribution in [0.25, 0.3) is 0 Å². The molecule has 1 aliphatic carbocycles. The van der Waals surface area contributed by atoms with E-state index < -0.39 is 0 Å². The quantitative estimate of drug-likeness (QED) is 0.748. The molecule has 1 amide bonds. The number of hydrogen-bond donors (Lipinski definition) is 0. The lowest BCUT2D eigenvalue weighted by Gasteiger charge is -2.32. The van der Waals surface area contributed by atoms with E-state index in [4.69, 9.17) is 0 Å². The number of aryl methyl sites for hydroxylation is 1. The number of hydrogen-bond acceptors (Lipinski definition) is 2. The summed E-state index contributed by atoms with van der Waals surface area (Å²) in [4.78, 5) is 17.3. The highest BCUT2D eigenvalue weighted by molar-refractivity contribution is 5.73. The summed E-state index contributed by atoms with van der Waals surface area (Å²) < 4.78 is 0. The number of carbonyl (C=O) groups is 1. The Morgan fingerprint density at radius 1 is 1.47 bits per heavy atom. The van der Waals surface area contributed by atoms with E-state index in [1.807, 2.05) is 44.3 Å². The molecule has 94 valence electrons. The van der Waals surface area contributed by atoms with Crippen molar-refractivity contribution in [2.75, 3.05) is 7.05 Å². The van der Waals surface area contributed by atoms with Gasteiger partial charge in [-0.2, -0.15) is 0 Å². The third kappa shape index (κ3) is 3.05. The van der Waals surface area contributed by atoms with Gasteiger partial charge in [-0.05, 0) is 36.5 Å². The average molecular weight is 234 g/mol. The van der Waals surface area contributed by atoms with Crippen molar-refractivity contribution in [3.63, 3.8) is 0 Å². The van der Waals surface area contributed by atoms with E-state index in [-0.39, 0.29) is 11.9 Å². The summed E-state index contributed by atoms with van der Waals surface area (Å²) in [5.41, 5.74) is 2.57. The molecule has 0 aliphatic heterocycles. The first-order valence-electron chi connectivity index (χ1n) is 6.36. The van der Waals surface area contributed by atoms with Crippen LogP contribution in [0, 0.1) is 0 Å². The Balaban J connectivity index is 0.000000686. The number of pyridine rings is 1. The predicted molar refractivity (Wildman–Crippen MR) is 69.7 cm³/mol. The molecular weight excluding hydrogens is 212 g/mol. The van der Waals surface area contributed by atoms with Crippen LogP contribution >= 0.6 is 0 Å². The van der Waals surface area contributed by atoms with Crippen molar-refractivity contribution in [2.45, 2.75) is 46.1 Å². The van der Waals surface area contributed by atoms with E-state index in [9.17, 15) is 4.79 Å². The maximum absolute atomic E-state index is 11.4. The molecule has 3 heteroatoms. The van der Waals surface area contributed by atoms with Crippen LogP contribution in [-0.2, 0) is 11.2 Å². The lowest BCUT2D eigenvalue weighted by atomic mass is 9.88. The van der Waals surface area contributed by atoms with Crippen molar-refractivity contribution < 1.29 is 4.79 Å². The second-order valence-corrected chi connectivity index (χ2v) is 4.11. The van der Waals surface area contributed by atoms with Crippen molar-refractivity contribution in [1.29, 1.82) is 0 Å². The number of aromatic nitrogens is 1. The Bertz CT molecular complexity index is 376. The van der Waals surface area contributed by atoms with E-state index in [1.54, 1.807) is 6.92 Å². The maximum Gasteiger partial charge on any atom is 0.219 e. The fourth-order valence-electron chi connectivity index (χ4n) is 2.23. The van der Waals surface area contributed by atoms with E-state index in [2.05, 4.69) is 4.98 Å². The highest BCUT2D eigenvalue weighted by Gasteiger charge is 2.24. The van der Waals surface area contributed by atoms with Gasteiger partial charge < -0.3 is 4.90 Å². The maximum atomic E-state index is 11.4. The Labute approximate surface area is 104 Å². The number of rotatable bonds is 1. The highest BCUT2D eigenvalue weighted by Crippen LogP contribution is 2.32. The second-order valence-electron chi connectivity index (χ2n) is 4.11. The lowest BCUT2D eigenvalue weighted by Crippen LogP contribution is -2.31. The summed E-state index contributed by atoms with van der Waals surface area (Å²) in [5, 5.41) is 0. The minimum atomic E-state index is 0.129. The first-order chi connectivity index (χ1) is 8.20. The topological polar surface area (TPSA) is 33.2 Å². The number of fused-ring (bicyclic) bond motifs is 1. The summed E-state index contributed by atoms with van der Waals surface area (Å²) in [6.07, 6.45) is 7.03. The molecule has 0 fully saturated rings. The van der Waals surface area contributed by atoms with Crippen molar-refractivity contribution in [3.8, 4) is 0 Å². The lowest BCUT2D eigenvalue weighted by molar-refractivity contribution is -0.130. The van der Waals surface area contributed by atoms with Crippen molar-refractivity contribution in [2.24, 2.45) is 0 Å². The standard InChI is InChI=1S/C12H16N2O.C2H6/c1-9(15)14(2)12-5-3-4-10-8-13-7-6-11(10)12;1-2/h6-8,12H,3-5H2,1-2H3;1-2H3. The van der Waals surface area contributed by atoms with E-state index in [0.29, 0.717) is 0 Å². The average Bonchev–Trinajstić information content (AvgIpc) is 2.39. The smallest absolute Gasteiger partial charge is 0.219 e. The normalized spacial score (nSPS) is 17.5. The second kappa shape index (κ2) is 6.38. The zero-order valence-electron chi connectivity index (χ0n) is 11.2. The number of carbonyl (C=O) groups excluding carboxylic acids is 1. The van der Waals surface area contributed by atoms with E-state index >= 15 is 0 Å². The fourth-order valence-corrected chi connectivity index (χ4v) is 2.23. The Morgan fingerprint density at radius 2 is 2.18 bits per heavy atom. The molecule has 3 nitrogen and oxygen atoms in total. The third-order valence-corrected chi connectivity index (χ3v) is 3.19. The molecular formula is C14H22N2O. The first-order valence-corrected chi connectivity index (χ1v) is 6.36. The van der Waals surface area contributed by atoms with Gasteiger partial charge in [-0.3, -0.25) is 9.78 Å². The molecule has 1 aliphatic rings. The molecule has 1 atom stereocenters. The fraction of sp³-hybridized carbons (Fsp3) is 0.571. The molecule has 1 heterocycles. The molecule has 1 unspecified atom stereocenters. The minimum absolute atomic E-state index is 0.129. The molecule has 0 radical (unpaired) electrons. The van der Waals surface area contributed by atoms with Crippen LogP contribution in [0.1, 0.15) is 50.8 Å². The molecule has 0 aromatic carbocycles. The van der Waals surface area contributed by atoms with Gasteiger partial charge in [0.15, 0.2) is 0 Å². The SMILES string of the molecule is CC.CC(=O)N(C)C1CCCc2cnccc21. The van der Waals surface area contributed by atoms with Crippen LogP contribution in [0.3, 0.4) is 0 Å². The highest BCUT2D eigenvalue weighted by atomic mass is 16.2. The number of amides is 1. The molecule has 1 aromatic rings. The molecule has 2 rings (SSSR count). The van der Waals surface area contributed by atoms with E-state index in [1.165, 1.54) is 11.1 Å². The van der Waals surface area contributed by atoms with Crippen molar-refractivity contribution >= 4 is 5.91 Å². The monoisotopic (exact) mass is 234 g/mol. The summed E-state index contributed by atoms with van der Waals surface area (Å²) in [6.45, 7) is 5.62. The Morgan fingerprint density at radius 3 is 2.82 bits per heavy atom. The van der Waals surface area contributed by atoms with Crippen LogP contribution in [0.5, 0.6) is 0 Å². The molecule has 0 saturated carbocycles. The van der Waals surface area contributed by atoms with Crippen LogP contribution < -0.4 is 0 Å². The zero-order chi connectivity index (χ0) is 12.8. The van der Waals surface area contributed by atoms with Crippen LogP contribution in [0.2, 0.25) is 0 Å². The van der Waals surface area contributed by atoms with Gasteiger partial charge in [-0.15, -0.1) is 0 Å². The molecule has 1 aromatic heterocycles. The summed E-state index contributed by atoms with van der Waals surface area (Å²) in [7, 11) is 1.88. The molecule has 0 saturated heterocycles. The largest absolute Gasteiger partial charge is 0.339 e. The van der Waals surface area contributed by atoms with Crippen LogP contribution in [-0.4, -0.2) is 22.8 Å². The van der Waals surface area contributed by atoms with Gasteiger partial charge in [0.25, 0.3) is 0 Å². The van der Waals surface area contributed by atoms with Crippen molar-refractivity contribution in [1.82, 2.24) is 9.88 Å². The van der Waals surface area contributed by atoms with Gasteiger partial charge in [0.05, 0.1) is 6.04 Å². The van der Waals surface area contributed by atoms with Gasteiger partial charge >= 0.3 is 0 Å². The van der Waals surface area contributed by atoms with E-state index in [0.717, 1.165) is 19.3 Å². The molecule has 0 bridgehead atoms. The van der Waals surface area contributed by atoms with Gasteiger partial charge in [-0.1, -0.05) is 13.8 Å².